The van der Waals surface area contributed by atoms with Crippen LogP contribution in [0.5, 0.6) is 0 Å². The van der Waals surface area contributed by atoms with Crippen LogP contribution < -0.4 is 11.1 Å². The standard InChI is InChI=1S/C12H20BrN3/c1-9(2)12(3,8-14)16-7-11-5-4-10(13)6-15-11/h4-6,9,16H,7-8,14H2,1-3H3. The quantitative estimate of drug-likeness (QED) is 0.873. The second kappa shape index (κ2) is 5.75. The zero-order valence-electron chi connectivity index (χ0n) is 10.1. The Bertz CT molecular complexity index is 324. The van der Waals surface area contributed by atoms with E-state index >= 15 is 0 Å². The molecule has 1 aromatic heterocycles. The molecule has 3 N–H and O–H groups in total. The van der Waals surface area contributed by atoms with Gasteiger partial charge >= 0.3 is 0 Å². The normalized spacial score (nSPS) is 15.1. The van der Waals surface area contributed by atoms with Crippen molar-refractivity contribution in [2.75, 3.05) is 6.54 Å². The molecule has 0 aliphatic rings. The van der Waals surface area contributed by atoms with Gasteiger partial charge in [-0.15, -0.1) is 0 Å². The van der Waals surface area contributed by atoms with Crippen LogP contribution in [0.1, 0.15) is 26.5 Å². The van der Waals surface area contributed by atoms with Crippen molar-refractivity contribution >= 4 is 15.9 Å². The second-order valence-corrected chi connectivity index (χ2v) is 5.51. The summed E-state index contributed by atoms with van der Waals surface area (Å²) in [7, 11) is 0. The minimum atomic E-state index is -0.0330. The fourth-order valence-electron chi connectivity index (χ4n) is 1.32. The van der Waals surface area contributed by atoms with Crippen molar-refractivity contribution in [2.45, 2.75) is 32.9 Å². The third-order valence-electron chi connectivity index (χ3n) is 3.16. The predicted molar refractivity (Wildman–Crippen MR) is 71.1 cm³/mol. The molecule has 1 heterocycles. The van der Waals surface area contributed by atoms with E-state index in [9.17, 15) is 0 Å². The molecular weight excluding hydrogens is 266 g/mol. The first-order chi connectivity index (χ1) is 7.48. The van der Waals surface area contributed by atoms with Crippen LogP contribution >= 0.6 is 15.9 Å². The van der Waals surface area contributed by atoms with E-state index in [2.05, 4.69) is 47.0 Å². The van der Waals surface area contributed by atoms with E-state index in [4.69, 9.17) is 5.73 Å². The summed E-state index contributed by atoms with van der Waals surface area (Å²) >= 11 is 3.37. The summed E-state index contributed by atoms with van der Waals surface area (Å²) in [4.78, 5) is 4.32. The third kappa shape index (κ3) is 3.54. The van der Waals surface area contributed by atoms with Crippen molar-refractivity contribution in [2.24, 2.45) is 11.7 Å². The highest BCUT2D eigenvalue weighted by atomic mass is 79.9. The van der Waals surface area contributed by atoms with Crippen LogP contribution in [-0.2, 0) is 6.54 Å². The maximum atomic E-state index is 5.81. The summed E-state index contributed by atoms with van der Waals surface area (Å²) in [6, 6.07) is 4.01. The lowest BCUT2D eigenvalue weighted by atomic mass is 9.88. The molecule has 3 nitrogen and oxygen atoms in total. The summed E-state index contributed by atoms with van der Waals surface area (Å²) in [6.07, 6.45) is 1.81. The highest BCUT2D eigenvalue weighted by molar-refractivity contribution is 9.10. The Kier molecular flexibility index (Phi) is 4.89. The predicted octanol–water partition coefficient (Wildman–Crippen LogP) is 2.31. The number of nitrogens with two attached hydrogens (primary N) is 1. The van der Waals surface area contributed by atoms with Crippen molar-refractivity contribution in [1.29, 1.82) is 0 Å². The van der Waals surface area contributed by atoms with E-state index in [0.29, 0.717) is 12.5 Å². The van der Waals surface area contributed by atoms with Crippen LogP contribution in [0.15, 0.2) is 22.8 Å². The minimum absolute atomic E-state index is 0.0330. The van der Waals surface area contributed by atoms with Gasteiger partial charge in [-0.1, -0.05) is 13.8 Å². The molecule has 16 heavy (non-hydrogen) atoms. The molecule has 0 bridgehead atoms. The smallest absolute Gasteiger partial charge is 0.0542 e. The highest BCUT2D eigenvalue weighted by Gasteiger charge is 2.25. The molecule has 0 radical (unpaired) electrons. The van der Waals surface area contributed by atoms with Gasteiger partial charge in [-0.2, -0.15) is 0 Å². The van der Waals surface area contributed by atoms with Gasteiger partial charge in [-0.3, -0.25) is 4.98 Å². The molecule has 0 aromatic carbocycles. The maximum absolute atomic E-state index is 5.81. The van der Waals surface area contributed by atoms with Crippen molar-refractivity contribution in [1.82, 2.24) is 10.3 Å². The lowest BCUT2D eigenvalue weighted by Gasteiger charge is -2.33. The molecule has 1 atom stereocenters. The van der Waals surface area contributed by atoms with Crippen molar-refractivity contribution in [3.05, 3.63) is 28.5 Å². The van der Waals surface area contributed by atoms with E-state index < -0.39 is 0 Å². The molecule has 1 unspecified atom stereocenters. The molecular formula is C12H20BrN3. The maximum Gasteiger partial charge on any atom is 0.0542 e. The number of halogens is 1. The number of aromatic nitrogens is 1. The van der Waals surface area contributed by atoms with Gasteiger partial charge < -0.3 is 11.1 Å². The Labute approximate surface area is 106 Å². The molecule has 0 aliphatic carbocycles. The van der Waals surface area contributed by atoms with Gasteiger partial charge in [-0.05, 0) is 40.9 Å². The highest BCUT2D eigenvalue weighted by Crippen LogP contribution is 2.15. The molecule has 4 heteroatoms. The molecule has 0 fully saturated rings. The average molecular weight is 286 g/mol. The van der Waals surface area contributed by atoms with Crippen LogP contribution in [0.2, 0.25) is 0 Å². The van der Waals surface area contributed by atoms with Crippen LogP contribution in [0, 0.1) is 5.92 Å². The van der Waals surface area contributed by atoms with Gasteiger partial charge in [0.25, 0.3) is 0 Å². The SMILES string of the molecule is CC(C)C(C)(CN)NCc1ccc(Br)cn1. The van der Waals surface area contributed by atoms with Crippen LogP contribution in [0.3, 0.4) is 0 Å². The summed E-state index contributed by atoms with van der Waals surface area (Å²) in [5.74, 6) is 0.493. The van der Waals surface area contributed by atoms with Gasteiger partial charge in [0.05, 0.1) is 5.69 Å². The minimum Gasteiger partial charge on any atom is -0.329 e. The molecule has 1 rings (SSSR count). The number of hydrogen-bond donors (Lipinski definition) is 2. The van der Waals surface area contributed by atoms with E-state index in [1.165, 1.54) is 0 Å². The van der Waals surface area contributed by atoms with Crippen LogP contribution in [-0.4, -0.2) is 17.1 Å². The van der Waals surface area contributed by atoms with Crippen molar-refractivity contribution in [3.63, 3.8) is 0 Å². The average Bonchev–Trinajstić information content (AvgIpc) is 2.27. The Morgan fingerprint density at radius 2 is 2.19 bits per heavy atom. The fourth-order valence-corrected chi connectivity index (χ4v) is 1.55. The monoisotopic (exact) mass is 285 g/mol. The molecule has 0 saturated heterocycles. The molecule has 0 saturated carbocycles. The van der Waals surface area contributed by atoms with E-state index in [1.54, 1.807) is 0 Å². The van der Waals surface area contributed by atoms with E-state index in [-0.39, 0.29) is 5.54 Å². The van der Waals surface area contributed by atoms with Gasteiger partial charge in [0.15, 0.2) is 0 Å². The molecule has 90 valence electrons. The summed E-state index contributed by atoms with van der Waals surface area (Å²) in [5.41, 5.74) is 6.80. The largest absolute Gasteiger partial charge is 0.329 e. The summed E-state index contributed by atoms with van der Waals surface area (Å²) < 4.78 is 1.00. The fraction of sp³-hybridized carbons (Fsp3) is 0.583. The lowest BCUT2D eigenvalue weighted by Crippen LogP contribution is -2.52. The Balaban J connectivity index is 2.59. The number of nitrogens with zero attached hydrogens (tertiary/aromatic N) is 1. The molecule has 0 aliphatic heterocycles. The zero-order chi connectivity index (χ0) is 12.2. The zero-order valence-corrected chi connectivity index (χ0v) is 11.7. The first-order valence-corrected chi connectivity index (χ1v) is 6.33. The van der Waals surface area contributed by atoms with Gasteiger partial charge in [0.1, 0.15) is 0 Å². The number of nitrogens with one attached hydrogen (secondary N) is 1. The van der Waals surface area contributed by atoms with Crippen LogP contribution in [0.4, 0.5) is 0 Å². The van der Waals surface area contributed by atoms with Gasteiger partial charge in [0.2, 0.25) is 0 Å². The molecule has 1 aromatic rings. The first-order valence-electron chi connectivity index (χ1n) is 5.53. The summed E-state index contributed by atoms with van der Waals surface area (Å²) in [6.45, 7) is 7.88. The number of rotatable bonds is 5. The van der Waals surface area contributed by atoms with E-state index in [1.807, 2.05) is 18.3 Å². The molecule has 0 spiro atoms. The van der Waals surface area contributed by atoms with Gasteiger partial charge in [0, 0.05) is 29.3 Å². The Hall–Kier alpha value is -0.450. The van der Waals surface area contributed by atoms with Crippen LogP contribution in [0.25, 0.3) is 0 Å². The van der Waals surface area contributed by atoms with Crippen molar-refractivity contribution < 1.29 is 0 Å². The first kappa shape index (κ1) is 13.6. The third-order valence-corrected chi connectivity index (χ3v) is 3.63. The van der Waals surface area contributed by atoms with Gasteiger partial charge in [-0.25, -0.2) is 0 Å². The summed E-state index contributed by atoms with van der Waals surface area (Å²) in [5, 5.41) is 3.48. The Morgan fingerprint density at radius 3 is 2.62 bits per heavy atom. The van der Waals surface area contributed by atoms with E-state index in [0.717, 1.165) is 16.7 Å². The lowest BCUT2D eigenvalue weighted by molar-refractivity contribution is 0.266. The number of hydrogen-bond acceptors (Lipinski definition) is 3. The second-order valence-electron chi connectivity index (χ2n) is 4.60. The van der Waals surface area contributed by atoms with Crippen molar-refractivity contribution in [3.8, 4) is 0 Å². The molecule has 0 amide bonds. The number of pyridine rings is 1. The Morgan fingerprint density at radius 1 is 1.50 bits per heavy atom. The topological polar surface area (TPSA) is 50.9 Å².